The zero-order valence-corrected chi connectivity index (χ0v) is 14.6. The summed E-state index contributed by atoms with van der Waals surface area (Å²) in [4.78, 5) is 11.2. The highest BCUT2D eigenvalue weighted by atomic mass is 16.5. The van der Waals surface area contributed by atoms with Crippen molar-refractivity contribution in [2.75, 3.05) is 6.54 Å². The standard InChI is InChI=1S/C20H22N4O2/c1-2-8-17(9-3-1)25-15-19-22-20(26-23-19)14-24-12-5-4-10-18(24)16-7-6-11-21-13-16/h1-3,6-9,11,13,18H,4-5,10,12,14-15H2/t18-/m0/s1. The van der Waals surface area contributed by atoms with Gasteiger partial charge in [0.2, 0.25) is 11.7 Å². The van der Waals surface area contributed by atoms with Crippen LogP contribution in [0.5, 0.6) is 5.75 Å². The second-order valence-corrected chi connectivity index (χ2v) is 6.47. The molecule has 0 saturated carbocycles. The lowest BCUT2D eigenvalue weighted by atomic mass is 9.96. The Morgan fingerprint density at radius 2 is 2.04 bits per heavy atom. The first-order chi connectivity index (χ1) is 12.9. The second kappa shape index (κ2) is 8.10. The first-order valence-corrected chi connectivity index (χ1v) is 9.02. The normalized spacial score (nSPS) is 17.9. The van der Waals surface area contributed by atoms with E-state index < -0.39 is 0 Å². The molecule has 1 saturated heterocycles. The van der Waals surface area contributed by atoms with Crippen molar-refractivity contribution in [2.24, 2.45) is 0 Å². The molecular weight excluding hydrogens is 328 g/mol. The molecular formula is C20H22N4O2. The van der Waals surface area contributed by atoms with Crippen molar-refractivity contribution < 1.29 is 9.26 Å². The Kier molecular flexibility index (Phi) is 5.21. The maximum absolute atomic E-state index is 5.68. The first kappa shape index (κ1) is 16.7. The minimum atomic E-state index is 0.305. The van der Waals surface area contributed by atoms with Crippen molar-refractivity contribution in [3.8, 4) is 5.75 Å². The van der Waals surface area contributed by atoms with Crippen molar-refractivity contribution in [3.05, 3.63) is 72.1 Å². The van der Waals surface area contributed by atoms with Crippen LogP contribution in [0.2, 0.25) is 0 Å². The van der Waals surface area contributed by atoms with Crippen LogP contribution in [-0.2, 0) is 13.2 Å². The monoisotopic (exact) mass is 350 g/mol. The van der Waals surface area contributed by atoms with Gasteiger partial charge in [-0.15, -0.1) is 0 Å². The van der Waals surface area contributed by atoms with Crippen LogP contribution in [0.15, 0.2) is 59.4 Å². The van der Waals surface area contributed by atoms with Crippen LogP contribution in [0.25, 0.3) is 0 Å². The molecule has 1 aliphatic rings. The molecule has 3 aromatic rings. The molecule has 134 valence electrons. The van der Waals surface area contributed by atoms with Crippen LogP contribution in [-0.4, -0.2) is 26.6 Å². The quantitative estimate of drug-likeness (QED) is 0.674. The number of likely N-dealkylation sites (tertiary alicyclic amines) is 1. The van der Waals surface area contributed by atoms with Gasteiger partial charge in [-0.3, -0.25) is 9.88 Å². The molecule has 0 N–H and O–H groups in total. The minimum absolute atomic E-state index is 0.305. The van der Waals surface area contributed by atoms with Gasteiger partial charge in [-0.05, 0) is 43.1 Å². The third-order valence-electron chi connectivity index (χ3n) is 4.64. The van der Waals surface area contributed by atoms with Crippen molar-refractivity contribution >= 4 is 0 Å². The summed E-state index contributed by atoms with van der Waals surface area (Å²) in [5.74, 6) is 2.00. The molecule has 0 unspecified atom stereocenters. The Balaban J connectivity index is 1.39. The number of ether oxygens (including phenoxy) is 1. The van der Waals surface area contributed by atoms with E-state index in [-0.39, 0.29) is 0 Å². The maximum atomic E-state index is 5.68. The number of hydrogen-bond donors (Lipinski definition) is 0. The highest BCUT2D eigenvalue weighted by molar-refractivity contribution is 5.21. The Bertz CT molecular complexity index is 807. The topological polar surface area (TPSA) is 64.3 Å². The molecule has 1 aromatic carbocycles. The van der Waals surface area contributed by atoms with E-state index in [0.717, 1.165) is 18.7 Å². The molecule has 2 aromatic heterocycles. The fraction of sp³-hybridized carbons (Fsp3) is 0.350. The number of rotatable bonds is 6. The summed E-state index contributed by atoms with van der Waals surface area (Å²) >= 11 is 0. The molecule has 1 aliphatic heterocycles. The van der Waals surface area contributed by atoms with Gasteiger partial charge >= 0.3 is 0 Å². The third-order valence-corrected chi connectivity index (χ3v) is 4.64. The largest absolute Gasteiger partial charge is 0.485 e. The highest BCUT2D eigenvalue weighted by Gasteiger charge is 2.25. The van der Waals surface area contributed by atoms with E-state index >= 15 is 0 Å². The van der Waals surface area contributed by atoms with Crippen LogP contribution in [0.1, 0.15) is 42.6 Å². The van der Waals surface area contributed by atoms with E-state index in [1.54, 1.807) is 0 Å². The van der Waals surface area contributed by atoms with Crippen molar-refractivity contribution in [1.29, 1.82) is 0 Å². The number of piperidine rings is 1. The lowest BCUT2D eigenvalue weighted by Crippen LogP contribution is -2.33. The molecule has 0 amide bonds. The predicted molar refractivity (Wildman–Crippen MR) is 96.3 cm³/mol. The van der Waals surface area contributed by atoms with Gasteiger partial charge in [-0.2, -0.15) is 4.98 Å². The summed E-state index contributed by atoms with van der Waals surface area (Å²) in [6, 6.07) is 14.1. The summed E-state index contributed by atoms with van der Waals surface area (Å²) < 4.78 is 11.1. The molecule has 4 rings (SSSR count). The molecule has 6 heteroatoms. The molecule has 3 heterocycles. The Morgan fingerprint density at radius 1 is 1.12 bits per heavy atom. The minimum Gasteiger partial charge on any atom is -0.485 e. The number of nitrogens with zero attached hydrogens (tertiary/aromatic N) is 4. The zero-order chi connectivity index (χ0) is 17.6. The number of benzene rings is 1. The molecule has 6 nitrogen and oxygen atoms in total. The SMILES string of the molecule is c1ccc(OCc2noc(CN3CCCC[C@H]3c3cccnc3)n2)cc1. The highest BCUT2D eigenvalue weighted by Crippen LogP contribution is 2.31. The number of para-hydroxylation sites is 1. The average molecular weight is 350 g/mol. The van der Waals surface area contributed by atoms with Gasteiger partial charge in [0.05, 0.1) is 6.54 Å². The van der Waals surface area contributed by atoms with Gasteiger partial charge in [-0.25, -0.2) is 0 Å². The predicted octanol–water partition coefficient (Wildman–Crippen LogP) is 3.77. The van der Waals surface area contributed by atoms with Gasteiger partial charge in [-0.1, -0.05) is 35.8 Å². The van der Waals surface area contributed by atoms with Crippen LogP contribution in [0, 0.1) is 0 Å². The van der Waals surface area contributed by atoms with E-state index in [1.807, 2.05) is 48.8 Å². The Labute approximate surface area is 152 Å². The van der Waals surface area contributed by atoms with Gasteiger partial charge in [0.15, 0.2) is 6.61 Å². The van der Waals surface area contributed by atoms with Crippen LogP contribution in [0.4, 0.5) is 0 Å². The first-order valence-electron chi connectivity index (χ1n) is 9.02. The van der Waals surface area contributed by atoms with Gasteiger partial charge in [0, 0.05) is 18.4 Å². The number of pyridine rings is 1. The maximum Gasteiger partial charge on any atom is 0.240 e. The fourth-order valence-electron chi connectivity index (χ4n) is 3.38. The van der Waals surface area contributed by atoms with Crippen molar-refractivity contribution in [2.45, 2.75) is 38.5 Å². The summed E-state index contributed by atoms with van der Waals surface area (Å²) in [5.41, 5.74) is 1.25. The van der Waals surface area contributed by atoms with E-state index in [9.17, 15) is 0 Å². The molecule has 0 bridgehead atoms. The zero-order valence-electron chi connectivity index (χ0n) is 14.6. The third kappa shape index (κ3) is 4.08. The Hall–Kier alpha value is -2.73. The van der Waals surface area contributed by atoms with Crippen LogP contribution in [0.3, 0.4) is 0 Å². The van der Waals surface area contributed by atoms with E-state index in [4.69, 9.17) is 9.26 Å². The van der Waals surface area contributed by atoms with Crippen molar-refractivity contribution in [1.82, 2.24) is 20.0 Å². The summed E-state index contributed by atoms with van der Waals surface area (Å²) in [6.45, 7) is 1.98. The summed E-state index contributed by atoms with van der Waals surface area (Å²) in [5, 5.41) is 4.04. The summed E-state index contributed by atoms with van der Waals surface area (Å²) in [6.07, 6.45) is 7.32. The van der Waals surface area contributed by atoms with E-state index in [0.29, 0.717) is 30.9 Å². The Morgan fingerprint density at radius 3 is 2.88 bits per heavy atom. The second-order valence-electron chi connectivity index (χ2n) is 6.47. The molecule has 0 aliphatic carbocycles. The van der Waals surface area contributed by atoms with Crippen LogP contribution >= 0.6 is 0 Å². The molecule has 26 heavy (non-hydrogen) atoms. The number of hydrogen-bond acceptors (Lipinski definition) is 6. The van der Waals surface area contributed by atoms with Crippen molar-refractivity contribution in [3.63, 3.8) is 0 Å². The van der Waals surface area contributed by atoms with Gasteiger partial charge < -0.3 is 9.26 Å². The smallest absolute Gasteiger partial charge is 0.240 e. The van der Waals surface area contributed by atoms with Crippen LogP contribution < -0.4 is 4.74 Å². The van der Waals surface area contributed by atoms with E-state index in [1.165, 1.54) is 18.4 Å². The lowest BCUT2D eigenvalue weighted by Gasteiger charge is -2.34. The van der Waals surface area contributed by atoms with E-state index in [2.05, 4.69) is 26.1 Å². The fourth-order valence-corrected chi connectivity index (χ4v) is 3.38. The molecule has 0 radical (unpaired) electrons. The number of aromatic nitrogens is 3. The molecule has 0 spiro atoms. The average Bonchev–Trinajstić information content (AvgIpc) is 3.16. The van der Waals surface area contributed by atoms with Gasteiger partial charge in [0.25, 0.3) is 0 Å². The lowest BCUT2D eigenvalue weighted by molar-refractivity contribution is 0.123. The summed E-state index contributed by atoms with van der Waals surface area (Å²) in [7, 11) is 0. The molecule has 1 atom stereocenters. The van der Waals surface area contributed by atoms with Gasteiger partial charge in [0.1, 0.15) is 5.75 Å². The molecule has 1 fully saturated rings.